The molecule has 0 bridgehead atoms. The van der Waals surface area contributed by atoms with Crippen molar-refractivity contribution >= 4 is 11.6 Å². The van der Waals surface area contributed by atoms with Crippen LogP contribution in [0.5, 0.6) is 11.5 Å². The SMILES string of the molecule is CCCOc1c(Cl)cc(CNC2CCN(C3CC3)CC2)cc1OCC. The molecule has 25 heavy (non-hydrogen) atoms. The molecule has 1 N–H and O–H groups in total. The second kappa shape index (κ2) is 9.11. The molecule has 5 heteroatoms. The van der Waals surface area contributed by atoms with Crippen molar-refractivity contribution in [2.75, 3.05) is 26.3 Å². The third-order valence-electron chi connectivity index (χ3n) is 5.01. The molecule has 4 nitrogen and oxygen atoms in total. The van der Waals surface area contributed by atoms with Gasteiger partial charge in [-0.3, -0.25) is 0 Å². The van der Waals surface area contributed by atoms with Crippen molar-refractivity contribution in [3.63, 3.8) is 0 Å². The highest BCUT2D eigenvalue weighted by Crippen LogP contribution is 2.37. The maximum atomic E-state index is 6.45. The lowest BCUT2D eigenvalue weighted by Gasteiger charge is -2.32. The molecular weight excluding hydrogens is 336 g/mol. The van der Waals surface area contributed by atoms with Crippen molar-refractivity contribution in [3.8, 4) is 11.5 Å². The molecule has 1 aliphatic carbocycles. The third-order valence-corrected chi connectivity index (χ3v) is 5.29. The van der Waals surface area contributed by atoms with E-state index in [0.29, 0.717) is 30.0 Å². The summed E-state index contributed by atoms with van der Waals surface area (Å²) in [6.45, 7) is 8.61. The molecule has 0 spiro atoms. The summed E-state index contributed by atoms with van der Waals surface area (Å²) in [6.07, 6.45) is 6.23. The lowest BCUT2D eigenvalue weighted by atomic mass is 10.0. The van der Waals surface area contributed by atoms with Gasteiger partial charge in [0, 0.05) is 18.6 Å². The lowest BCUT2D eigenvalue weighted by molar-refractivity contribution is 0.189. The summed E-state index contributed by atoms with van der Waals surface area (Å²) < 4.78 is 11.5. The minimum atomic E-state index is 0.598. The molecule has 1 saturated carbocycles. The average Bonchev–Trinajstić information content (AvgIpc) is 3.45. The largest absolute Gasteiger partial charge is 0.490 e. The lowest BCUT2D eigenvalue weighted by Crippen LogP contribution is -2.43. The summed E-state index contributed by atoms with van der Waals surface area (Å²) in [7, 11) is 0. The van der Waals surface area contributed by atoms with E-state index in [1.54, 1.807) is 0 Å². The highest BCUT2D eigenvalue weighted by Gasteiger charge is 2.31. The van der Waals surface area contributed by atoms with Crippen LogP contribution in [-0.4, -0.2) is 43.3 Å². The molecule has 0 atom stereocenters. The molecule has 2 fully saturated rings. The Morgan fingerprint density at radius 3 is 2.52 bits per heavy atom. The quantitative estimate of drug-likeness (QED) is 0.708. The summed E-state index contributed by atoms with van der Waals surface area (Å²) in [6, 6.07) is 5.55. The number of halogens is 1. The van der Waals surface area contributed by atoms with E-state index in [-0.39, 0.29) is 0 Å². The molecule has 0 aromatic heterocycles. The van der Waals surface area contributed by atoms with Crippen molar-refractivity contribution in [2.24, 2.45) is 0 Å². The zero-order valence-electron chi connectivity index (χ0n) is 15.5. The summed E-state index contributed by atoms with van der Waals surface area (Å²) in [5.41, 5.74) is 1.15. The first kappa shape index (κ1) is 18.8. The van der Waals surface area contributed by atoms with Gasteiger partial charge in [0.2, 0.25) is 0 Å². The number of likely N-dealkylation sites (tertiary alicyclic amines) is 1. The first-order valence-corrected chi connectivity index (χ1v) is 10.1. The van der Waals surface area contributed by atoms with Crippen LogP contribution in [0.2, 0.25) is 5.02 Å². The van der Waals surface area contributed by atoms with Gasteiger partial charge in [-0.25, -0.2) is 0 Å². The average molecular weight is 367 g/mol. The molecule has 140 valence electrons. The Kier molecular flexibility index (Phi) is 6.85. The van der Waals surface area contributed by atoms with E-state index in [0.717, 1.165) is 30.3 Å². The monoisotopic (exact) mass is 366 g/mol. The standard InChI is InChI=1S/C20H31ClN2O2/c1-3-11-25-20-18(21)12-15(13-19(20)24-4-2)14-22-16-7-9-23(10-8-16)17-5-6-17/h12-13,16-17,22H,3-11,14H2,1-2H3. The van der Waals surface area contributed by atoms with E-state index < -0.39 is 0 Å². The maximum absolute atomic E-state index is 6.45. The van der Waals surface area contributed by atoms with Crippen molar-refractivity contribution < 1.29 is 9.47 Å². The van der Waals surface area contributed by atoms with Crippen LogP contribution in [0.4, 0.5) is 0 Å². The molecular formula is C20H31ClN2O2. The highest BCUT2D eigenvalue weighted by atomic mass is 35.5. The molecule has 1 aromatic carbocycles. The molecule has 2 aliphatic rings. The summed E-state index contributed by atoms with van der Waals surface area (Å²) in [4.78, 5) is 2.65. The number of hydrogen-bond donors (Lipinski definition) is 1. The number of ether oxygens (including phenoxy) is 2. The molecule has 1 heterocycles. The second-order valence-corrected chi connectivity index (χ2v) is 7.52. The van der Waals surface area contributed by atoms with E-state index in [1.165, 1.54) is 38.8 Å². The summed E-state index contributed by atoms with van der Waals surface area (Å²) in [5, 5.41) is 4.33. The van der Waals surface area contributed by atoms with Gasteiger partial charge in [-0.1, -0.05) is 18.5 Å². The van der Waals surface area contributed by atoms with Crippen LogP contribution < -0.4 is 14.8 Å². The molecule has 1 aromatic rings. The van der Waals surface area contributed by atoms with Crippen LogP contribution in [0.15, 0.2) is 12.1 Å². The van der Waals surface area contributed by atoms with Crippen molar-refractivity contribution in [1.29, 1.82) is 0 Å². The smallest absolute Gasteiger partial charge is 0.179 e. The minimum Gasteiger partial charge on any atom is -0.490 e. The second-order valence-electron chi connectivity index (χ2n) is 7.11. The van der Waals surface area contributed by atoms with Crippen molar-refractivity contribution in [1.82, 2.24) is 10.2 Å². The fraction of sp³-hybridized carbons (Fsp3) is 0.700. The Labute approximate surface area is 156 Å². The van der Waals surface area contributed by atoms with Gasteiger partial charge >= 0.3 is 0 Å². The number of nitrogens with one attached hydrogen (secondary N) is 1. The number of rotatable bonds is 9. The van der Waals surface area contributed by atoms with E-state index in [9.17, 15) is 0 Å². The van der Waals surface area contributed by atoms with E-state index >= 15 is 0 Å². The number of benzene rings is 1. The van der Waals surface area contributed by atoms with Gasteiger partial charge in [-0.15, -0.1) is 0 Å². The fourth-order valence-electron chi connectivity index (χ4n) is 3.50. The third kappa shape index (κ3) is 5.25. The molecule has 1 aliphatic heterocycles. The van der Waals surface area contributed by atoms with Gasteiger partial charge in [0.25, 0.3) is 0 Å². The van der Waals surface area contributed by atoms with Gasteiger partial charge in [0.15, 0.2) is 11.5 Å². The van der Waals surface area contributed by atoms with Gasteiger partial charge in [-0.2, -0.15) is 0 Å². The summed E-state index contributed by atoms with van der Waals surface area (Å²) >= 11 is 6.45. The first-order valence-electron chi connectivity index (χ1n) is 9.76. The number of nitrogens with zero attached hydrogens (tertiary/aromatic N) is 1. The Hall–Kier alpha value is -0.970. The van der Waals surface area contributed by atoms with Crippen LogP contribution in [-0.2, 0) is 6.54 Å². The predicted molar refractivity (Wildman–Crippen MR) is 103 cm³/mol. The fourth-order valence-corrected chi connectivity index (χ4v) is 3.79. The van der Waals surface area contributed by atoms with Crippen molar-refractivity contribution in [3.05, 3.63) is 22.7 Å². The number of piperidine rings is 1. The Morgan fingerprint density at radius 2 is 1.88 bits per heavy atom. The van der Waals surface area contributed by atoms with Crippen LogP contribution in [0.25, 0.3) is 0 Å². The van der Waals surface area contributed by atoms with Crippen LogP contribution >= 0.6 is 11.6 Å². The Balaban J connectivity index is 1.56. The molecule has 1 saturated heterocycles. The first-order chi connectivity index (χ1) is 12.2. The van der Waals surface area contributed by atoms with E-state index in [4.69, 9.17) is 21.1 Å². The topological polar surface area (TPSA) is 33.7 Å². The normalized spacial score (nSPS) is 19.2. The molecule has 0 radical (unpaired) electrons. The van der Waals surface area contributed by atoms with Gasteiger partial charge in [0.1, 0.15) is 0 Å². The van der Waals surface area contributed by atoms with E-state index in [2.05, 4.69) is 23.2 Å². The molecule has 0 amide bonds. The Morgan fingerprint density at radius 1 is 1.12 bits per heavy atom. The Bertz CT molecular complexity index is 555. The molecule has 3 rings (SSSR count). The van der Waals surface area contributed by atoms with E-state index in [1.807, 2.05) is 13.0 Å². The molecule has 0 unspecified atom stereocenters. The zero-order valence-corrected chi connectivity index (χ0v) is 16.3. The highest BCUT2D eigenvalue weighted by molar-refractivity contribution is 6.32. The van der Waals surface area contributed by atoms with Gasteiger partial charge in [0.05, 0.1) is 18.2 Å². The van der Waals surface area contributed by atoms with Gasteiger partial charge in [-0.05, 0) is 69.8 Å². The minimum absolute atomic E-state index is 0.598. The van der Waals surface area contributed by atoms with Gasteiger partial charge < -0.3 is 19.7 Å². The zero-order chi connectivity index (χ0) is 17.6. The van der Waals surface area contributed by atoms with Crippen LogP contribution in [0.3, 0.4) is 0 Å². The maximum Gasteiger partial charge on any atom is 0.179 e. The van der Waals surface area contributed by atoms with Crippen molar-refractivity contribution in [2.45, 2.75) is 64.6 Å². The number of hydrogen-bond acceptors (Lipinski definition) is 4. The van der Waals surface area contributed by atoms with Crippen LogP contribution in [0.1, 0.15) is 51.5 Å². The predicted octanol–water partition coefficient (Wildman–Crippen LogP) is 4.24. The van der Waals surface area contributed by atoms with Crippen LogP contribution in [0, 0.1) is 0 Å². The summed E-state index contributed by atoms with van der Waals surface area (Å²) in [5.74, 6) is 1.43.